The van der Waals surface area contributed by atoms with Gasteiger partial charge in [0.25, 0.3) is 0 Å². The van der Waals surface area contributed by atoms with Gasteiger partial charge in [0.15, 0.2) is 14.1 Å². The molecule has 0 saturated carbocycles. The van der Waals surface area contributed by atoms with Gasteiger partial charge in [0.1, 0.15) is 30.1 Å². The largest absolute Gasteiger partial charge is 0.444 e. The molecule has 0 aromatic rings. The Morgan fingerprint density at radius 3 is 2.15 bits per heavy atom. The molecule has 8 heteroatoms. The fourth-order valence-corrected chi connectivity index (χ4v) is 3.74. The Kier molecular flexibility index (Phi) is 7.30. The van der Waals surface area contributed by atoms with E-state index in [1.807, 2.05) is 13.8 Å². The van der Waals surface area contributed by atoms with Crippen LogP contribution < -0.4 is 5.32 Å². The molecule has 3 atom stereocenters. The number of amides is 1. The molecule has 1 heterocycles. The van der Waals surface area contributed by atoms with Crippen LogP contribution >= 0.6 is 0 Å². The highest BCUT2D eigenvalue weighted by Gasteiger charge is 2.47. The quantitative estimate of drug-likeness (QED) is 0.539. The molecule has 158 valence electrons. The highest BCUT2D eigenvalue weighted by Crippen LogP contribution is 2.39. The molecule has 1 fully saturated rings. The van der Waals surface area contributed by atoms with Gasteiger partial charge in [-0.1, -0.05) is 20.8 Å². The topological polar surface area (TPSA) is 83.1 Å². The van der Waals surface area contributed by atoms with Crippen LogP contribution in [0.1, 0.15) is 55.4 Å². The number of carbonyl (C=O) groups is 2. The molecule has 1 aliphatic heterocycles. The van der Waals surface area contributed by atoms with E-state index in [-0.39, 0.29) is 11.6 Å². The van der Waals surface area contributed by atoms with Crippen molar-refractivity contribution in [2.24, 2.45) is 0 Å². The summed E-state index contributed by atoms with van der Waals surface area (Å²) in [7, 11) is -2.25. The molecule has 7 nitrogen and oxygen atoms in total. The molecule has 1 saturated heterocycles. The summed E-state index contributed by atoms with van der Waals surface area (Å²) in [6, 6.07) is -0.906. The summed E-state index contributed by atoms with van der Waals surface area (Å²) in [6.45, 7) is 19.7. The molecule has 0 unspecified atom stereocenters. The van der Waals surface area contributed by atoms with Crippen molar-refractivity contribution in [2.75, 3.05) is 6.61 Å². The number of carbonyl (C=O) groups excluding carboxylic acids is 2. The molecule has 1 N–H and O–H groups in total. The number of ether oxygens (including phenoxy) is 3. The van der Waals surface area contributed by atoms with Crippen LogP contribution in [0.4, 0.5) is 4.79 Å². The molecule has 1 aliphatic rings. The van der Waals surface area contributed by atoms with Gasteiger partial charge >= 0.3 is 6.09 Å². The predicted octanol–water partition coefficient (Wildman–Crippen LogP) is 3.62. The second kappa shape index (κ2) is 8.19. The van der Waals surface area contributed by atoms with E-state index in [0.29, 0.717) is 6.29 Å². The third-order valence-corrected chi connectivity index (χ3v) is 9.29. The Hall–Kier alpha value is -0.963. The summed E-state index contributed by atoms with van der Waals surface area (Å²) in [5.41, 5.74) is -0.664. The van der Waals surface area contributed by atoms with E-state index in [2.05, 4.69) is 39.2 Å². The van der Waals surface area contributed by atoms with Crippen molar-refractivity contribution in [3.8, 4) is 0 Å². The Bertz CT molecular complexity index is 535. The van der Waals surface area contributed by atoms with E-state index in [0.717, 1.165) is 0 Å². The molecule has 0 aliphatic carbocycles. The zero-order valence-corrected chi connectivity index (χ0v) is 19.5. The first-order chi connectivity index (χ1) is 12.0. The van der Waals surface area contributed by atoms with E-state index in [4.69, 9.17) is 18.6 Å². The highest BCUT2D eigenvalue weighted by atomic mass is 28.4. The van der Waals surface area contributed by atoms with Crippen molar-refractivity contribution in [1.29, 1.82) is 0 Å². The van der Waals surface area contributed by atoms with E-state index < -0.39 is 44.0 Å². The van der Waals surface area contributed by atoms with Crippen molar-refractivity contribution >= 4 is 20.7 Å². The Morgan fingerprint density at radius 1 is 1.22 bits per heavy atom. The SMILES string of the molecule is CC(C)(C)OC(=O)N[C@H](C=O)[C@H](O[Si](C)(C)C(C)(C)C)[C@H]1COC(C)(C)O1. The van der Waals surface area contributed by atoms with Gasteiger partial charge < -0.3 is 28.7 Å². The lowest BCUT2D eigenvalue weighted by molar-refractivity contribution is -0.152. The third-order valence-electron chi connectivity index (χ3n) is 4.82. The summed E-state index contributed by atoms with van der Waals surface area (Å²) in [5, 5.41) is 2.56. The summed E-state index contributed by atoms with van der Waals surface area (Å²) in [6.07, 6.45) is -1.13. The lowest BCUT2D eigenvalue weighted by atomic mass is 10.1. The van der Waals surface area contributed by atoms with Gasteiger partial charge in [-0.05, 0) is 52.8 Å². The van der Waals surface area contributed by atoms with E-state index >= 15 is 0 Å². The number of rotatable bonds is 6. The van der Waals surface area contributed by atoms with Crippen LogP contribution in [0.15, 0.2) is 0 Å². The van der Waals surface area contributed by atoms with Crippen LogP contribution in [-0.2, 0) is 23.4 Å². The van der Waals surface area contributed by atoms with Crippen molar-refractivity contribution in [1.82, 2.24) is 5.32 Å². The van der Waals surface area contributed by atoms with Crippen molar-refractivity contribution in [2.45, 2.75) is 103 Å². The summed E-state index contributed by atoms with van der Waals surface area (Å²) < 4.78 is 23.4. The van der Waals surface area contributed by atoms with Gasteiger partial charge in [0.05, 0.1) is 6.61 Å². The number of hydrogen-bond donors (Lipinski definition) is 1. The lowest BCUT2D eigenvalue weighted by Gasteiger charge is -2.42. The maximum atomic E-state index is 12.2. The molecule has 0 bridgehead atoms. The van der Waals surface area contributed by atoms with Crippen molar-refractivity contribution in [3.63, 3.8) is 0 Å². The summed E-state index contributed by atoms with van der Waals surface area (Å²) in [5.74, 6) is -0.765. The second-order valence-corrected chi connectivity index (χ2v) is 14.8. The average Bonchev–Trinajstić information content (AvgIpc) is 2.79. The Morgan fingerprint density at radius 2 is 1.78 bits per heavy atom. The lowest BCUT2D eigenvalue weighted by Crippen LogP contribution is -2.57. The smallest absolute Gasteiger partial charge is 0.408 e. The molecular weight excluding hydrogens is 366 g/mol. The van der Waals surface area contributed by atoms with Crippen LogP contribution in [0.2, 0.25) is 18.1 Å². The van der Waals surface area contributed by atoms with Gasteiger partial charge in [0.2, 0.25) is 0 Å². The van der Waals surface area contributed by atoms with Crippen molar-refractivity contribution in [3.05, 3.63) is 0 Å². The first kappa shape index (κ1) is 24.1. The molecule has 27 heavy (non-hydrogen) atoms. The first-order valence-corrected chi connectivity index (χ1v) is 12.3. The first-order valence-electron chi connectivity index (χ1n) is 9.42. The highest BCUT2D eigenvalue weighted by molar-refractivity contribution is 6.74. The van der Waals surface area contributed by atoms with Crippen molar-refractivity contribution < 1.29 is 28.2 Å². The second-order valence-electron chi connectivity index (χ2n) is 10.0. The van der Waals surface area contributed by atoms with E-state index in [9.17, 15) is 9.59 Å². The summed E-state index contributed by atoms with van der Waals surface area (Å²) in [4.78, 5) is 24.1. The average molecular weight is 404 g/mol. The minimum atomic E-state index is -2.25. The monoisotopic (exact) mass is 403 g/mol. The molecule has 1 rings (SSSR count). The normalized spacial score (nSPS) is 22.8. The minimum absolute atomic E-state index is 0.0699. The van der Waals surface area contributed by atoms with Crippen LogP contribution in [0.5, 0.6) is 0 Å². The number of nitrogens with one attached hydrogen (secondary N) is 1. The van der Waals surface area contributed by atoms with E-state index in [1.54, 1.807) is 20.8 Å². The van der Waals surface area contributed by atoms with Gasteiger partial charge in [-0.25, -0.2) is 4.79 Å². The van der Waals surface area contributed by atoms with Crippen LogP contribution in [0, 0.1) is 0 Å². The van der Waals surface area contributed by atoms with Crippen LogP contribution in [0.25, 0.3) is 0 Å². The zero-order valence-electron chi connectivity index (χ0n) is 18.5. The molecule has 0 radical (unpaired) electrons. The fourth-order valence-electron chi connectivity index (χ4n) is 2.41. The Labute approximate surface area is 164 Å². The molecule has 0 spiro atoms. The third kappa shape index (κ3) is 7.17. The van der Waals surface area contributed by atoms with Gasteiger partial charge in [0, 0.05) is 0 Å². The zero-order chi connectivity index (χ0) is 21.3. The van der Waals surface area contributed by atoms with Gasteiger partial charge in [-0.15, -0.1) is 0 Å². The number of alkyl carbamates (subject to hydrolysis) is 1. The number of aldehydes is 1. The van der Waals surface area contributed by atoms with E-state index in [1.165, 1.54) is 0 Å². The summed E-state index contributed by atoms with van der Waals surface area (Å²) >= 11 is 0. The number of hydrogen-bond acceptors (Lipinski definition) is 6. The molecule has 0 aromatic heterocycles. The predicted molar refractivity (Wildman–Crippen MR) is 106 cm³/mol. The molecular formula is C19H37NO6Si. The minimum Gasteiger partial charge on any atom is -0.444 e. The van der Waals surface area contributed by atoms with Crippen LogP contribution in [0.3, 0.4) is 0 Å². The molecule has 0 aromatic carbocycles. The Balaban J connectivity index is 3.07. The fraction of sp³-hybridized carbons (Fsp3) is 0.895. The van der Waals surface area contributed by atoms with Gasteiger partial charge in [-0.3, -0.25) is 0 Å². The van der Waals surface area contributed by atoms with Gasteiger partial charge in [-0.2, -0.15) is 0 Å². The standard InChI is InChI=1S/C19H37NO6Si/c1-17(2,3)25-16(22)20-13(11-21)15(14-12-23-19(7,8)24-14)26-27(9,10)18(4,5)6/h11,13-15H,12H2,1-10H3,(H,20,22)/t13-,14-,15+/m1/s1. The molecule has 1 amide bonds. The maximum Gasteiger partial charge on any atom is 0.408 e. The maximum absolute atomic E-state index is 12.2. The van der Waals surface area contributed by atoms with Crippen LogP contribution in [-0.4, -0.2) is 56.9 Å².